The number of amides is 1. The van der Waals surface area contributed by atoms with Gasteiger partial charge < -0.3 is 20.1 Å². The summed E-state index contributed by atoms with van der Waals surface area (Å²) in [5, 5.41) is 5.17. The third kappa shape index (κ3) is 6.28. The molecular weight excluding hydrogens is 420 g/mol. The highest BCUT2D eigenvalue weighted by Gasteiger charge is 2.41. The second kappa shape index (κ2) is 11.5. The molecule has 1 aliphatic rings. The van der Waals surface area contributed by atoms with Crippen molar-refractivity contribution in [3.8, 4) is 0 Å². The van der Waals surface area contributed by atoms with E-state index in [2.05, 4.69) is 36.4 Å². The van der Waals surface area contributed by atoms with Gasteiger partial charge >= 0.3 is 11.9 Å². The van der Waals surface area contributed by atoms with E-state index in [1.165, 1.54) is 12.2 Å². The number of carbonyl (C=O) groups is 4. The average molecular weight is 447 g/mol. The SMILES string of the molecule is C=CCOC(=O)c1cccc(C)c1NC(=O)[C@@H]1C[C@@H](C(C(=O)S)C(=O)OCC=C)CN1. The van der Waals surface area contributed by atoms with Crippen LogP contribution in [0.1, 0.15) is 22.3 Å². The fraction of sp³-hybridized carbons (Fsp3) is 0.364. The van der Waals surface area contributed by atoms with Crippen molar-refractivity contribution in [2.45, 2.75) is 19.4 Å². The fourth-order valence-electron chi connectivity index (χ4n) is 3.37. The monoisotopic (exact) mass is 446 g/mol. The first-order valence-electron chi connectivity index (χ1n) is 9.72. The van der Waals surface area contributed by atoms with Crippen molar-refractivity contribution in [1.82, 2.24) is 5.32 Å². The number of anilines is 1. The average Bonchev–Trinajstić information content (AvgIpc) is 3.21. The molecule has 0 radical (unpaired) electrons. The van der Waals surface area contributed by atoms with E-state index in [4.69, 9.17) is 9.47 Å². The zero-order valence-electron chi connectivity index (χ0n) is 17.3. The number of ether oxygens (including phenoxy) is 2. The summed E-state index contributed by atoms with van der Waals surface area (Å²) in [4.78, 5) is 49.3. The standard InChI is InChI=1S/C22H26N2O6S/c1-4-9-29-20(26)15-8-6-7-13(3)18(15)24-19(25)16-11-14(12-23-16)17(22(28)31)21(27)30-10-5-2/h4-8,14,16-17,23H,1-2,9-12H2,3H3,(H,24,25)(H,28,31)/t14-,16+,17?/m1/s1. The molecule has 0 bridgehead atoms. The molecule has 1 fully saturated rings. The van der Waals surface area contributed by atoms with Crippen LogP contribution in [0, 0.1) is 18.8 Å². The Bertz CT molecular complexity index is 885. The van der Waals surface area contributed by atoms with Gasteiger partial charge in [0.05, 0.1) is 17.3 Å². The summed E-state index contributed by atoms with van der Waals surface area (Å²) < 4.78 is 10.1. The summed E-state index contributed by atoms with van der Waals surface area (Å²) in [6.07, 6.45) is 3.09. The van der Waals surface area contributed by atoms with Crippen molar-refractivity contribution in [2.24, 2.45) is 11.8 Å². The molecule has 9 heteroatoms. The molecule has 3 atom stereocenters. The maximum atomic E-state index is 12.9. The first-order valence-corrected chi connectivity index (χ1v) is 10.2. The van der Waals surface area contributed by atoms with E-state index in [0.717, 1.165) is 0 Å². The Labute approximate surface area is 186 Å². The molecule has 31 heavy (non-hydrogen) atoms. The highest BCUT2D eigenvalue weighted by atomic mass is 32.1. The Morgan fingerprint density at radius 1 is 1.23 bits per heavy atom. The van der Waals surface area contributed by atoms with Gasteiger partial charge in [0.25, 0.3) is 0 Å². The van der Waals surface area contributed by atoms with Crippen LogP contribution in [-0.2, 0) is 23.9 Å². The van der Waals surface area contributed by atoms with Crippen LogP contribution in [0.3, 0.4) is 0 Å². The van der Waals surface area contributed by atoms with Crippen molar-refractivity contribution < 1.29 is 28.7 Å². The quantitative estimate of drug-likeness (QED) is 0.218. The maximum Gasteiger partial charge on any atom is 0.340 e. The van der Waals surface area contributed by atoms with E-state index in [9.17, 15) is 19.2 Å². The molecule has 0 aliphatic carbocycles. The number of aryl methyl sites for hydroxylation is 1. The topological polar surface area (TPSA) is 111 Å². The minimum atomic E-state index is -1.09. The van der Waals surface area contributed by atoms with E-state index in [1.54, 1.807) is 25.1 Å². The largest absolute Gasteiger partial charge is 0.461 e. The Kier molecular flexibility index (Phi) is 9.02. The van der Waals surface area contributed by atoms with Crippen molar-refractivity contribution in [2.75, 3.05) is 25.1 Å². The molecule has 1 saturated heterocycles. The lowest BCUT2D eigenvalue weighted by atomic mass is 9.90. The second-order valence-corrected chi connectivity index (χ2v) is 7.51. The lowest BCUT2D eigenvalue weighted by Gasteiger charge is -2.18. The first-order chi connectivity index (χ1) is 14.8. The molecule has 1 aliphatic heterocycles. The summed E-state index contributed by atoms with van der Waals surface area (Å²) in [7, 11) is 0. The minimum Gasteiger partial charge on any atom is -0.461 e. The van der Waals surface area contributed by atoms with Gasteiger partial charge in [-0.15, -0.1) is 12.6 Å². The Morgan fingerprint density at radius 3 is 2.55 bits per heavy atom. The minimum absolute atomic E-state index is 0.0154. The van der Waals surface area contributed by atoms with Gasteiger partial charge in [0.2, 0.25) is 5.91 Å². The molecule has 0 spiro atoms. The number of para-hydroxylation sites is 1. The molecule has 1 amide bonds. The lowest BCUT2D eigenvalue weighted by molar-refractivity contribution is -0.151. The van der Waals surface area contributed by atoms with E-state index in [-0.39, 0.29) is 37.6 Å². The number of hydrogen-bond donors (Lipinski definition) is 3. The van der Waals surface area contributed by atoms with Gasteiger partial charge in [0.1, 0.15) is 19.1 Å². The summed E-state index contributed by atoms with van der Waals surface area (Å²) in [6, 6.07) is 4.35. The number of hydrogen-bond acceptors (Lipinski definition) is 7. The highest BCUT2D eigenvalue weighted by molar-refractivity contribution is 7.96. The van der Waals surface area contributed by atoms with E-state index in [1.807, 2.05) is 0 Å². The molecular formula is C22H26N2O6S. The van der Waals surface area contributed by atoms with Gasteiger partial charge in [0.15, 0.2) is 5.12 Å². The van der Waals surface area contributed by atoms with Gasteiger partial charge in [-0.05, 0) is 30.9 Å². The first kappa shape index (κ1) is 24.4. The van der Waals surface area contributed by atoms with Crippen LogP contribution in [0.25, 0.3) is 0 Å². The Hall–Kier alpha value is -2.91. The molecule has 1 aromatic rings. The molecule has 0 aromatic heterocycles. The normalized spacial score (nSPS) is 18.5. The molecule has 0 saturated carbocycles. The molecule has 8 nitrogen and oxygen atoms in total. The van der Waals surface area contributed by atoms with E-state index >= 15 is 0 Å². The van der Waals surface area contributed by atoms with Crippen LogP contribution in [0.15, 0.2) is 43.5 Å². The molecule has 1 unspecified atom stereocenters. The molecule has 2 rings (SSSR count). The number of rotatable bonds is 10. The number of esters is 2. The van der Waals surface area contributed by atoms with Crippen LogP contribution in [-0.4, -0.2) is 48.8 Å². The molecule has 2 N–H and O–H groups in total. The number of thiol groups is 1. The van der Waals surface area contributed by atoms with Crippen molar-refractivity contribution in [3.63, 3.8) is 0 Å². The number of carbonyl (C=O) groups excluding carboxylic acids is 4. The van der Waals surface area contributed by atoms with Gasteiger partial charge in [-0.2, -0.15) is 0 Å². The van der Waals surface area contributed by atoms with Crippen LogP contribution in [0.4, 0.5) is 5.69 Å². The van der Waals surface area contributed by atoms with Crippen molar-refractivity contribution >= 4 is 41.3 Å². The van der Waals surface area contributed by atoms with Crippen LogP contribution in [0.5, 0.6) is 0 Å². The number of nitrogens with one attached hydrogen (secondary N) is 2. The van der Waals surface area contributed by atoms with Gasteiger partial charge in [-0.1, -0.05) is 37.4 Å². The van der Waals surface area contributed by atoms with Crippen LogP contribution in [0.2, 0.25) is 0 Å². The second-order valence-electron chi connectivity index (χ2n) is 7.07. The van der Waals surface area contributed by atoms with Gasteiger partial charge in [-0.25, -0.2) is 4.79 Å². The van der Waals surface area contributed by atoms with Gasteiger partial charge in [0, 0.05) is 6.54 Å². The van der Waals surface area contributed by atoms with E-state index < -0.39 is 34.9 Å². The predicted molar refractivity (Wildman–Crippen MR) is 119 cm³/mol. The summed E-state index contributed by atoms with van der Waals surface area (Å²) in [6.45, 7) is 9.03. The third-order valence-electron chi connectivity index (χ3n) is 4.89. The zero-order chi connectivity index (χ0) is 23.0. The van der Waals surface area contributed by atoms with Crippen LogP contribution >= 0.6 is 12.6 Å². The van der Waals surface area contributed by atoms with Crippen molar-refractivity contribution in [3.05, 3.63) is 54.6 Å². The van der Waals surface area contributed by atoms with E-state index in [0.29, 0.717) is 11.3 Å². The predicted octanol–water partition coefficient (Wildman–Crippen LogP) is 2.06. The fourth-order valence-corrected chi connectivity index (χ4v) is 3.69. The van der Waals surface area contributed by atoms with Crippen LogP contribution < -0.4 is 10.6 Å². The molecule has 166 valence electrons. The maximum absolute atomic E-state index is 12.9. The summed E-state index contributed by atoms with van der Waals surface area (Å²) >= 11 is 3.82. The third-order valence-corrected chi connectivity index (χ3v) is 5.17. The van der Waals surface area contributed by atoms with Gasteiger partial charge in [-0.3, -0.25) is 14.4 Å². The lowest BCUT2D eigenvalue weighted by Crippen LogP contribution is -2.36. The summed E-state index contributed by atoms with van der Waals surface area (Å²) in [5.41, 5.74) is 1.26. The molecule has 1 heterocycles. The smallest absolute Gasteiger partial charge is 0.340 e. The highest BCUT2D eigenvalue weighted by Crippen LogP contribution is 2.28. The molecule has 1 aromatic carbocycles. The Morgan fingerprint density at radius 2 is 1.90 bits per heavy atom. The zero-order valence-corrected chi connectivity index (χ0v) is 18.2. The van der Waals surface area contributed by atoms with Crippen molar-refractivity contribution in [1.29, 1.82) is 0 Å². The summed E-state index contributed by atoms with van der Waals surface area (Å²) in [5.74, 6) is -3.20. The Balaban J connectivity index is 2.11. The number of benzene rings is 1.